The molecular formula is C16H18N4O2S. The normalized spacial score (nSPS) is 11.1. The van der Waals surface area contributed by atoms with Gasteiger partial charge in [0.2, 0.25) is 5.95 Å². The van der Waals surface area contributed by atoms with Crippen LogP contribution in [0.3, 0.4) is 0 Å². The average molecular weight is 330 g/mol. The lowest BCUT2D eigenvalue weighted by atomic mass is 10.2. The van der Waals surface area contributed by atoms with Gasteiger partial charge in [-0.1, -0.05) is 19.9 Å². The molecule has 3 aromatic rings. The number of carbonyl (C=O) groups is 1. The van der Waals surface area contributed by atoms with Crippen LogP contribution in [0.4, 0.5) is 5.95 Å². The molecule has 3 rings (SSSR count). The molecule has 0 amide bonds. The topological polar surface area (TPSA) is 73.0 Å². The minimum atomic E-state index is -0.167. The number of nitrogens with one attached hydrogen (secondary N) is 1. The minimum absolute atomic E-state index is 0.0987. The second kappa shape index (κ2) is 6.37. The van der Waals surface area contributed by atoms with Crippen molar-refractivity contribution in [1.82, 2.24) is 14.8 Å². The number of thiophene rings is 1. The zero-order valence-corrected chi connectivity index (χ0v) is 14.1. The number of anilines is 1. The molecule has 0 aromatic carbocycles. The highest BCUT2D eigenvalue weighted by atomic mass is 32.1. The molecule has 0 radical (unpaired) electrons. The maximum Gasteiger partial charge on any atom is 0.252 e. The van der Waals surface area contributed by atoms with Crippen molar-refractivity contribution in [3.05, 3.63) is 41.2 Å². The highest BCUT2D eigenvalue weighted by molar-refractivity contribution is 7.13. The summed E-state index contributed by atoms with van der Waals surface area (Å²) in [6.07, 6.45) is 0. The predicted octanol–water partition coefficient (Wildman–Crippen LogP) is 3.82. The minimum Gasteiger partial charge on any atom is -0.465 e. The van der Waals surface area contributed by atoms with Crippen LogP contribution in [0, 0.1) is 12.8 Å². The molecule has 23 heavy (non-hydrogen) atoms. The second-order valence-corrected chi connectivity index (χ2v) is 6.45. The van der Waals surface area contributed by atoms with Gasteiger partial charge in [-0.25, -0.2) is 0 Å². The van der Waals surface area contributed by atoms with Gasteiger partial charge in [0.15, 0.2) is 5.82 Å². The Labute approximate surface area is 138 Å². The molecule has 0 aliphatic heterocycles. The van der Waals surface area contributed by atoms with Crippen LogP contribution in [0.1, 0.15) is 30.2 Å². The van der Waals surface area contributed by atoms with E-state index >= 15 is 0 Å². The van der Waals surface area contributed by atoms with Gasteiger partial charge >= 0.3 is 0 Å². The quantitative estimate of drug-likeness (QED) is 0.770. The van der Waals surface area contributed by atoms with Gasteiger partial charge < -0.3 is 9.73 Å². The Morgan fingerprint density at radius 2 is 2.22 bits per heavy atom. The molecule has 0 atom stereocenters. The van der Waals surface area contributed by atoms with Crippen molar-refractivity contribution in [2.75, 3.05) is 5.32 Å². The van der Waals surface area contributed by atoms with Crippen LogP contribution in [0.25, 0.3) is 10.7 Å². The zero-order valence-electron chi connectivity index (χ0n) is 13.2. The van der Waals surface area contributed by atoms with Crippen molar-refractivity contribution in [2.45, 2.75) is 27.3 Å². The predicted molar refractivity (Wildman–Crippen MR) is 89.6 cm³/mol. The Bertz CT molecular complexity index is 802. The number of aromatic nitrogens is 3. The third-order valence-corrected chi connectivity index (χ3v) is 4.13. The van der Waals surface area contributed by atoms with Crippen molar-refractivity contribution >= 4 is 23.2 Å². The zero-order chi connectivity index (χ0) is 16.4. The molecule has 1 N–H and O–H groups in total. The molecular weight excluding hydrogens is 312 g/mol. The molecule has 3 aromatic heterocycles. The highest BCUT2D eigenvalue weighted by Gasteiger charge is 2.20. The first-order valence-corrected chi connectivity index (χ1v) is 8.27. The van der Waals surface area contributed by atoms with E-state index in [1.54, 1.807) is 11.3 Å². The van der Waals surface area contributed by atoms with Gasteiger partial charge in [-0.3, -0.25) is 4.79 Å². The average Bonchev–Trinajstić information content (AvgIpc) is 3.24. The fourth-order valence-electron chi connectivity index (χ4n) is 2.08. The number of carbonyl (C=O) groups excluding carboxylic acids is 1. The van der Waals surface area contributed by atoms with Crippen molar-refractivity contribution in [2.24, 2.45) is 5.92 Å². The summed E-state index contributed by atoms with van der Waals surface area (Å²) in [5.41, 5.74) is 0. The third kappa shape index (κ3) is 3.34. The molecule has 0 saturated heterocycles. The maximum absolute atomic E-state index is 12.4. The molecule has 0 aliphatic carbocycles. The third-order valence-electron chi connectivity index (χ3n) is 3.27. The van der Waals surface area contributed by atoms with Crippen molar-refractivity contribution in [1.29, 1.82) is 0 Å². The Hall–Kier alpha value is -2.41. The molecule has 0 bridgehead atoms. The summed E-state index contributed by atoms with van der Waals surface area (Å²) in [5, 5.41) is 9.46. The SMILES string of the molecule is Cc1ccc(CNc2nc(-c3cccs3)nn2C(=O)C(C)C)o1. The van der Waals surface area contributed by atoms with E-state index in [9.17, 15) is 4.79 Å². The van der Waals surface area contributed by atoms with Gasteiger partial charge in [-0.05, 0) is 30.5 Å². The van der Waals surface area contributed by atoms with E-state index < -0.39 is 0 Å². The monoisotopic (exact) mass is 330 g/mol. The lowest BCUT2D eigenvalue weighted by Crippen LogP contribution is -2.21. The van der Waals surface area contributed by atoms with E-state index in [0.29, 0.717) is 18.3 Å². The van der Waals surface area contributed by atoms with Crippen LogP contribution >= 0.6 is 11.3 Å². The first kappa shape index (κ1) is 15.5. The van der Waals surface area contributed by atoms with Gasteiger partial charge in [0.05, 0.1) is 11.4 Å². The summed E-state index contributed by atoms with van der Waals surface area (Å²) in [7, 11) is 0. The smallest absolute Gasteiger partial charge is 0.252 e. The van der Waals surface area contributed by atoms with E-state index in [4.69, 9.17) is 4.42 Å². The number of aryl methyl sites for hydroxylation is 1. The van der Waals surface area contributed by atoms with E-state index in [1.165, 1.54) is 4.68 Å². The Kier molecular flexibility index (Phi) is 4.29. The molecule has 0 aliphatic rings. The van der Waals surface area contributed by atoms with Gasteiger partial charge in [0.25, 0.3) is 5.91 Å². The molecule has 6 nitrogen and oxygen atoms in total. The number of rotatable bonds is 5. The van der Waals surface area contributed by atoms with Crippen LogP contribution in [0.15, 0.2) is 34.1 Å². The summed E-state index contributed by atoms with van der Waals surface area (Å²) < 4.78 is 6.87. The maximum atomic E-state index is 12.4. The molecule has 0 fully saturated rings. The standard InChI is InChI=1S/C16H18N4O2S/c1-10(2)15(21)20-16(17-9-12-7-6-11(3)22-12)18-14(19-20)13-5-4-8-23-13/h4-8,10H,9H2,1-3H3,(H,17,18,19). The summed E-state index contributed by atoms with van der Waals surface area (Å²) in [6, 6.07) is 7.67. The molecule has 120 valence electrons. The van der Waals surface area contributed by atoms with E-state index in [2.05, 4.69) is 15.4 Å². The van der Waals surface area contributed by atoms with Crippen LogP contribution < -0.4 is 5.32 Å². The van der Waals surface area contributed by atoms with Gasteiger partial charge in [-0.15, -0.1) is 16.4 Å². The van der Waals surface area contributed by atoms with Crippen molar-refractivity contribution in [3.8, 4) is 10.7 Å². The molecule has 3 heterocycles. The second-order valence-electron chi connectivity index (χ2n) is 5.51. The number of furan rings is 1. The Morgan fingerprint density at radius 3 is 2.83 bits per heavy atom. The molecule has 0 saturated carbocycles. The van der Waals surface area contributed by atoms with Crippen LogP contribution in [-0.2, 0) is 6.54 Å². The largest absolute Gasteiger partial charge is 0.465 e. The molecule has 0 spiro atoms. The Balaban J connectivity index is 1.88. The van der Waals surface area contributed by atoms with E-state index in [0.717, 1.165) is 16.4 Å². The summed E-state index contributed by atoms with van der Waals surface area (Å²) >= 11 is 1.54. The van der Waals surface area contributed by atoms with Gasteiger partial charge in [0.1, 0.15) is 11.5 Å². The number of hydrogen-bond acceptors (Lipinski definition) is 6. The van der Waals surface area contributed by atoms with Crippen molar-refractivity contribution < 1.29 is 9.21 Å². The highest BCUT2D eigenvalue weighted by Crippen LogP contribution is 2.23. The van der Waals surface area contributed by atoms with Crippen LogP contribution in [-0.4, -0.2) is 20.7 Å². The fourth-order valence-corrected chi connectivity index (χ4v) is 2.73. The summed E-state index contributed by atoms with van der Waals surface area (Å²) in [6.45, 7) is 6.02. The Morgan fingerprint density at radius 1 is 1.39 bits per heavy atom. The van der Waals surface area contributed by atoms with E-state index in [1.807, 2.05) is 50.4 Å². The van der Waals surface area contributed by atoms with Crippen LogP contribution in [0.2, 0.25) is 0 Å². The summed E-state index contributed by atoms with van der Waals surface area (Å²) in [4.78, 5) is 17.8. The van der Waals surface area contributed by atoms with Crippen LogP contribution in [0.5, 0.6) is 0 Å². The first-order valence-electron chi connectivity index (χ1n) is 7.39. The fraction of sp³-hybridized carbons (Fsp3) is 0.312. The van der Waals surface area contributed by atoms with Gasteiger partial charge in [-0.2, -0.15) is 9.67 Å². The summed E-state index contributed by atoms with van der Waals surface area (Å²) in [5.74, 6) is 2.35. The number of nitrogens with zero attached hydrogens (tertiary/aromatic N) is 3. The molecule has 0 unspecified atom stereocenters. The van der Waals surface area contributed by atoms with E-state index in [-0.39, 0.29) is 11.8 Å². The number of hydrogen-bond donors (Lipinski definition) is 1. The van der Waals surface area contributed by atoms with Gasteiger partial charge in [0, 0.05) is 5.92 Å². The first-order chi connectivity index (χ1) is 11.0. The molecule has 7 heteroatoms. The lowest BCUT2D eigenvalue weighted by Gasteiger charge is -2.07. The lowest BCUT2D eigenvalue weighted by molar-refractivity contribution is 0.0841. The van der Waals surface area contributed by atoms with Crippen molar-refractivity contribution in [3.63, 3.8) is 0 Å².